The van der Waals surface area contributed by atoms with Crippen LogP contribution in [0.1, 0.15) is 5.69 Å². The molecular formula is C17H13BrClNO2. The number of hydrogen-bond donors (Lipinski definition) is 0. The van der Waals surface area contributed by atoms with Crippen LogP contribution >= 0.6 is 27.5 Å². The van der Waals surface area contributed by atoms with Crippen LogP contribution in [0, 0.1) is 0 Å². The van der Waals surface area contributed by atoms with Crippen LogP contribution < -0.4 is 9.47 Å². The zero-order valence-electron chi connectivity index (χ0n) is 11.8. The lowest BCUT2D eigenvalue weighted by Crippen LogP contribution is -2.01. The van der Waals surface area contributed by atoms with Gasteiger partial charge in [-0.25, -0.2) is 4.98 Å². The van der Waals surface area contributed by atoms with Gasteiger partial charge in [-0.05, 0) is 34.1 Å². The molecule has 3 nitrogen and oxygen atoms in total. The molecule has 0 saturated carbocycles. The van der Waals surface area contributed by atoms with E-state index >= 15 is 0 Å². The highest BCUT2D eigenvalue weighted by molar-refractivity contribution is 9.10. The van der Waals surface area contributed by atoms with Crippen LogP contribution in [0.25, 0.3) is 10.9 Å². The maximum Gasteiger partial charge on any atom is 0.131 e. The monoisotopic (exact) mass is 377 g/mol. The fourth-order valence-electron chi connectivity index (χ4n) is 2.13. The molecule has 0 fully saturated rings. The summed E-state index contributed by atoms with van der Waals surface area (Å²) in [5.74, 6) is 1.47. The summed E-state index contributed by atoms with van der Waals surface area (Å²) < 4.78 is 11.7. The Morgan fingerprint density at radius 2 is 1.86 bits per heavy atom. The number of methoxy groups -OCH3 is 1. The standard InChI is InChI=1S/C17H13BrClNO2/c1-21-11-5-4-6-12(9-11)22-10-15-16(18)17(19)13-7-2-3-8-14(13)20-15/h2-9H,10H2,1H3. The second-order valence-electron chi connectivity index (χ2n) is 4.67. The molecular weight excluding hydrogens is 366 g/mol. The van der Waals surface area contributed by atoms with Gasteiger partial charge in [0.05, 0.1) is 27.8 Å². The van der Waals surface area contributed by atoms with Crippen molar-refractivity contribution in [2.75, 3.05) is 7.11 Å². The maximum atomic E-state index is 6.40. The molecule has 5 heteroatoms. The lowest BCUT2D eigenvalue weighted by molar-refractivity contribution is 0.298. The van der Waals surface area contributed by atoms with Crippen LogP contribution in [0.15, 0.2) is 53.0 Å². The van der Waals surface area contributed by atoms with Crippen LogP contribution in [0.5, 0.6) is 11.5 Å². The Morgan fingerprint density at radius 1 is 1.09 bits per heavy atom. The Hall–Kier alpha value is -1.78. The molecule has 112 valence electrons. The zero-order valence-corrected chi connectivity index (χ0v) is 14.2. The number of rotatable bonds is 4. The summed E-state index contributed by atoms with van der Waals surface area (Å²) in [6.07, 6.45) is 0. The third-order valence-electron chi connectivity index (χ3n) is 3.26. The predicted octanol–water partition coefficient (Wildman–Crippen LogP) is 5.24. The van der Waals surface area contributed by atoms with E-state index in [0.717, 1.165) is 32.6 Å². The lowest BCUT2D eigenvalue weighted by atomic mass is 10.2. The summed E-state index contributed by atoms with van der Waals surface area (Å²) in [6, 6.07) is 15.2. The van der Waals surface area contributed by atoms with Crippen molar-refractivity contribution in [3.05, 3.63) is 63.7 Å². The SMILES string of the molecule is COc1cccc(OCc2nc3ccccc3c(Cl)c2Br)c1. The molecule has 0 unspecified atom stereocenters. The second-order valence-corrected chi connectivity index (χ2v) is 5.84. The number of para-hydroxylation sites is 1. The Bertz CT molecular complexity index is 823. The number of halogens is 2. The van der Waals surface area contributed by atoms with Crippen molar-refractivity contribution in [1.29, 1.82) is 0 Å². The van der Waals surface area contributed by atoms with Gasteiger partial charge < -0.3 is 9.47 Å². The molecule has 0 saturated heterocycles. The largest absolute Gasteiger partial charge is 0.497 e. The highest BCUT2D eigenvalue weighted by Gasteiger charge is 2.12. The third-order valence-corrected chi connectivity index (χ3v) is 4.73. The van der Waals surface area contributed by atoms with Gasteiger partial charge in [0.15, 0.2) is 0 Å². The fourth-order valence-corrected chi connectivity index (χ4v) is 2.82. The third kappa shape index (κ3) is 3.03. The molecule has 0 radical (unpaired) electrons. The van der Waals surface area contributed by atoms with Crippen molar-refractivity contribution < 1.29 is 9.47 Å². The quantitative estimate of drug-likeness (QED) is 0.622. The molecule has 1 heterocycles. The van der Waals surface area contributed by atoms with Gasteiger partial charge in [0.1, 0.15) is 18.1 Å². The Morgan fingerprint density at radius 3 is 2.68 bits per heavy atom. The topological polar surface area (TPSA) is 31.4 Å². The van der Waals surface area contributed by atoms with Crippen LogP contribution in [0.3, 0.4) is 0 Å². The molecule has 0 aliphatic rings. The minimum Gasteiger partial charge on any atom is -0.497 e. The molecule has 0 atom stereocenters. The van der Waals surface area contributed by atoms with Crippen molar-refractivity contribution in [1.82, 2.24) is 4.98 Å². The molecule has 1 aromatic heterocycles. The average Bonchev–Trinajstić information content (AvgIpc) is 2.57. The van der Waals surface area contributed by atoms with E-state index in [1.807, 2.05) is 48.5 Å². The number of ether oxygens (including phenoxy) is 2. The van der Waals surface area contributed by atoms with E-state index in [2.05, 4.69) is 20.9 Å². The molecule has 0 bridgehead atoms. The van der Waals surface area contributed by atoms with Crippen molar-refractivity contribution in [2.24, 2.45) is 0 Å². The lowest BCUT2D eigenvalue weighted by Gasteiger charge is -2.11. The van der Waals surface area contributed by atoms with Gasteiger partial charge in [0.25, 0.3) is 0 Å². The minimum absolute atomic E-state index is 0.318. The van der Waals surface area contributed by atoms with Gasteiger partial charge in [-0.2, -0.15) is 0 Å². The van der Waals surface area contributed by atoms with E-state index in [9.17, 15) is 0 Å². The molecule has 0 aliphatic heterocycles. The van der Waals surface area contributed by atoms with Crippen LogP contribution in [0.4, 0.5) is 0 Å². The minimum atomic E-state index is 0.318. The van der Waals surface area contributed by atoms with E-state index in [1.165, 1.54) is 0 Å². The summed E-state index contributed by atoms with van der Waals surface area (Å²) in [5.41, 5.74) is 1.60. The van der Waals surface area contributed by atoms with Gasteiger partial charge in [-0.3, -0.25) is 0 Å². The molecule has 0 N–H and O–H groups in total. The van der Waals surface area contributed by atoms with Crippen molar-refractivity contribution in [3.8, 4) is 11.5 Å². The van der Waals surface area contributed by atoms with Crippen molar-refractivity contribution >= 4 is 38.4 Å². The molecule has 2 aromatic carbocycles. The van der Waals surface area contributed by atoms with Gasteiger partial charge in [-0.15, -0.1) is 0 Å². The van der Waals surface area contributed by atoms with Crippen LogP contribution in [-0.2, 0) is 6.61 Å². The summed E-state index contributed by atoms with van der Waals surface area (Å²) in [5, 5.41) is 1.57. The average molecular weight is 379 g/mol. The van der Waals surface area contributed by atoms with E-state index in [1.54, 1.807) is 7.11 Å². The van der Waals surface area contributed by atoms with E-state index < -0.39 is 0 Å². The Labute approximate surface area is 142 Å². The van der Waals surface area contributed by atoms with Crippen LogP contribution in [0.2, 0.25) is 5.02 Å². The second kappa shape index (κ2) is 6.55. The number of nitrogens with zero attached hydrogens (tertiary/aromatic N) is 1. The molecule has 3 aromatic rings. The van der Waals surface area contributed by atoms with Crippen LogP contribution in [-0.4, -0.2) is 12.1 Å². The first-order chi connectivity index (χ1) is 10.7. The zero-order chi connectivity index (χ0) is 15.5. The maximum absolute atomic E-state index is 6.40. The molecule has 3 rings (SSSR count). The first-order valence-electron chi connectivity index (χ1n) is 6.68. The number of benzene rings is 2. The first-order valence-corrected chi connectivity index (χ1v) is 7.85. The van der Waals surface area contributed by atoms with Crippen molar-refractivity contribution in [2.45, 2.75) is 6.61 Å². The smallest absolute Gasteiger partial charge is 0.131 e. The molecule has 0 aliphatic carbocycles. The fraction of sp³-hybridized carbons (Fsp3) is 0.118. The normalized spacial score (nSPS) is 10.7. The number of aromatic nitrogens is 1. The number of fused-ring (bicyclic) bond motifs is 1. The van der Waals surface area contributed by atoms with E-state index in [-0.39, 0.29) is 0 Å². The van der Waals surface area contributed by atoms with E-state index in [0.29, 0.717) is 11.6 Å². The number of pyridine rings is 1. The summed E-state index contributed by atoms with van der Waals surface area (Å²) in [6.45, 7) is 0.318. The van der Waals surface area contributed by atoms with Gasteiger partial charge in [0, 0.05) is 11.5 Å². The highest BCUT2D eigenvalue weighted by atomic mass is 79.9. The highest BCUT2D eigenvalue weighted by Crippen LogP contribution is 2.33. The van der Waals surface area contributed by atoms with Gasteiger partial charge in [0.2, 0.25) is 0 Å². The van der Waals surface area contributed by atoms with E-state index in [4.69, 9.17) is 21.1 Å². The summed E-state index contributed by atoms with van der Waals surface area (Å²) in [4.78, 5) is 4.61. The Balaban J connectivity index is 1.89. The number of hydrogen-bond acceptors (Lipinski definition) is 3. The summed E-state index contributed by atoms with van der Waals surface area (Å²) in [7, 11) is 1.63. The molecule has 0 amide bonds. The summed E-state index contributed by atoms with van der Waals surface area (Å²) >= 11 is 9.90. The van der Waals surface area contributed by atoms with Crippen molar-refractivity contribution in [3.63, 3.8) is 0 Å². The van der Waals surface area contributed by atoms with Gasteiger partial charge in [-0.1, -0.05) is 35.9 Å². The first kappa shape index (κ1) is 15.1. The molecule has 22 heavy (non-hydrogen) atoms. The molecule has 0 spiro atoms. The predicted molar refractivity (Wildman–Crippen MR) is 91.8 cm³/mol. The Kier molecular flexibility index (Phi) is 4.50. The van der Waals surface area contributed by atoms with Gasteiger partial charge >= 0.3 is 0 Å².